The van der Waals surface area contributed by atoms with Crippen LogP contribution < -0.4 is 11.5 Å². The predicted molar refractivity (Wildman–Crippen MR) is 65.2 cm³/mol. The third-order valence-corrected chi connectivity index (χ3v) is 2.80. The molecule has 2 rings (SSSR count). The van der Waals surface area contributed by atoms with Crippen LogP contribution in [0.25, 0.3) is 10.9 Å². The van der Waals surface area contributed by atoms with Gasteiger partial charge in [0.05, 0.1) is 10.7 Å². The second-order valence-electron chi connectivity index (χ2n) is 3.11. The lowest BCUT2D eigenvalue weighted by Crippen LogP contribution is -2.16. The average Bonchev–Trinajstić information content (AvgIpc) is 2.19. The molecule has 4 N–H and O–H groups in total. The molecular formula is C9H6BrClN4O. The molecule has 7 heteroatoms. The van der Waals surface area contributed by atoms with E-state index in [1.807, 2.05) is 0 Å². The summed E-state index contributed by atoms with van der Waals surface area (Å²) in [6, 6.07) is 3.37. The van der Waals surface area contributed by atoms with Crippen molar-refractivity contribution in [3.05, 3.63) is 27.3 Å². The molecule has 0 fully saturated rings. The number of benzene rings is 1. The number of hydrogen-bond acceptors (Lipinski definition) is 4. The number of carbonyl (C=O) groups excluding carboxylic acids is 1. The highest BCUT2D eigenvalue weighted by atomic mass is 79.9. The standard InChI is InChI=1S/C9H6BrClN4O/c10-3-1-4-6(12)8(9(13)16)15-14-7(4)5(11)2-3/h1-2H,(H2,12,14)(H2,13,16). The lowest BCUT2D eigenvalue weighted by atomic mass is 10.1. The summed E-state index contributed by atoms with van der Waals surface area (Å²) in [6.45, 7) is 0. The molecule has 0 bridgehead atoms. The number of rotatable bonds is 1. The van der Waals surface area contributed by atoms with Crippen LogP contribution in [-0.2, 0) is 0 Å². The molecule has 0 aliphatic rings. The van der Waals surface area contributed by atoms with Gasteiger partial charge in [-0.2, -0.15) is 0 Å². The van der Waals surface area contributed by atoms with E-state index in [0.29, 0.717) is 15.9 Å². The van der Waals surface area contributed by atoms with E-state index in [0.717, 1.165) is 4.47 Å². The Bertz CT molecular complexity index is 602. The van der Waals surface area contributed by atoms with Crippen LogP contribution in [0.5, 0.6) is 0 Å². The molecule has 2 aromatic rings. The molecule has 1 amide bonds. The smallest absolute Gasteiger partial charge is 0.271 e. The van der Waals surface area contributed by atoms with Gasteiger partial charge in [-0.05, 0) is 12.1 Å². The van der Waals surface area contributed by atoms with E-state index in [4.69, 9.17) is 23.1 Å². The van der Waals surface area contributed by atoms with E-state index in [9.17, 15) is 4.79 Å². The Hall–Kier alpha value is -1.40. The fraction of sp³-hybridized carbons (Fsp3) is 0. The lowest BCUT2D eigenvalue weighted by molar-refractivity contribution is 0.0996. The summed E-state index contributed by atoms with van der Waals surface area (Å²) in [6.07, 6.45) is 0. The highest BCUT2D eigenvalue weighted by molar-refractivity contribution is 9.10. The van der Waals surface area contributed by atoms with Crippen LogP contribution in [0.2, 0.25) is 5.02 Å². The Labute approximate surface area is 104 Å². The fourth-order valence-electron chi connectivity index (χ4n) is 1.34. The zero-order valence-electron chi connectivity index (χ0n) is 7.87. The number of fused-ring (bicyclic) bond motifs is 1. The molecule has 1 aromatic heterocycles. The Balaban J connectivity index is 2.89. The first-order valence-electron chi connectivity index (χ1n) is 4.21. The number of primary amides is 1. The number of amides is 1. The summed E-state index contributed by atoms with van der Waals surface area (Å²) in [5, 5.41) is 8.41. The van der Waals surface area contributed by atoms with E-state index >= 15 is 0 Å². The van der Waals surface area contributed by atoms with E-state index < -0.39 is 5.91 Å². The van der Waals surface area contributed by atoms with Gasteiger partial charge in [0.25, 0.3) is 5.91 Å². The number of halogens is 2. The predicted octanol–water partition coefficient (Wildman–Crippen LogP) is 1.73. The largest absolute Gasteiger partial charge is 0.396 e. The van der Waals surface area contributed by atoms with Gasteiger partial charge in [0.1, 0.15) is 5.52 Å². The number of nitrogen functional groups attached to an aromatic ring is 1. The van der Waals surface area contributed by atoms with Gasteiger partial charge in [-0.15, -0.1) is 10.2 Å². The molecule has 16 heavy (non-hydrogen) atoms. The molecule has 0 saturated heterocycles. The van der Waals surface area contributed by atoms with Crippen LogP contribution >= 0.6 is 27.5 Å². The van der Waals surface area contributed by atoms with Crippen LogP contribution in [0.1, 0.15) is 10.5 Å². The van der Waals surface area contributed by atoms with Crippen molar-refractivity contribution in [2.24, 2.45) is 5.73 Å². The van der Waals surface area contributed by atoms with Gasteiger partial charge in [0, 0.05) is 9.86 Å². The highest BCUT2D eigenvalue weighted by Crippen LogP contribution is 2.30. The summed E-state index contributed by atoms with van der Waals surface area (Å²) < 4.78 is 0.736. The molecule has 1 heterocycles. The normalized spacial score (nSPS) is 10.6. The fourth-order valence-corrected chi connectivity index (χ4v) is 2.18. The van der Waals surface area contributed by atoms with Crippen LogP contribution in [-0.4, -0.2) is 16.1 Å². The number of nitrogens with two attached hydrogens (primary N) is 2. The minimum absolute atomic E-state index is 0.0540. The van der Waals surface area contributed by atoms with Crippen molar-refractivity contribution in [1.29, 1.82) is 0 Å². The zero-order valence-corrected chi connectivity index (χ0v) is 10.2. The van der Waals surface area contributed by atoms with Gasteiger partial charge < -0.3 is 11.5 Å². The van der Waals surface area contributed by atoms with Crippen LogP contribution in [0.3, 0.4) is 0 Å². The zero-order chi connectivity index (χ0) is 11.9. The first-order valence-corrected chi connectivity index (χ1v) is 5.38. The van der Waals surface area contributed by atoms with E-state index in [-0.39, 0.29) is 11.4 Å². The number of nitrogens with zero attached hydrogens (tertiary/aromatic N) is 2. The number of carbonyl (C=O) groups is 1. The molecule has 0 unspecified atom stereocenters. The number of aromatic nitrogens is 2. The van der Waals surface area contributed by atoms with Gasteiger partial charge in [-0.1, -0.05) is 27.5 Å². The number of hydrogen-bond donors (Lipinski definition) is 2. The van der Waals surface area contributed by atoms with Crippen molar-refractivity contribution >= 4 is 50.0 Å². The number of anilines is 1. The monoisotopic (exact) mass is 300 g/mol. The van der Waals surface area contributed by atoms with Crippen molar-refractivity contribution in [2.75, 3.05) is 5.73 Å². The first kappa shape index (κ1) is 11.1. The maximum Gasteiger partial charge on any atom is 0.271 e. The third-order valence-electron chi connectivity index (χ3n) is 2.06. The maximum absolute atomic E-state index is 11.0. The molecule has 0 spiro atoms. The molecule has 0 saturated carbocycles. The topological polar surface area (TPSA) is 94.9 Å². The summed E-state index contributed by atoms with van der Waals surface area (Å²) in [4.78, 5) is 11.0. The van der Waals surface area contributed by atoms with E-state index in [1.165, 1.54) is 0 Å². The Morgan fingerprint density at radius 2 is 2.06 bits per heavy atom. The van der Waals surface area contributed by atoms with Crippen molar-refractivity contribution in [2.45, 2.75) is 0 Å². The minimum Gasteiger partial charge on any atom is -0.396 e. The van der Waals surface area contributed by atoms with Crippen molar-refractivity contribution in [3.63, 3.8) is 0 Å². The quantitative estimate of drug-likeness (QED) is 0.838. The van der Waals surface area contributed by atoms with E-state index in [1.54, 1.807) is 12.1 Å². The average molecular weight is 302 g/mol. The third kappa shape index (κ3) is 1.70. The molecule has 5 nitrogen and oxygen atoms in total. The summed E-state index contributed by atoms with van der Waals surface area (Å²) >= 11 is 9.24. The summed E-state index contributed by atoms with van der Waals surface area (Å²) in [5.41, 5.74) is 11.5. The lowest BCUT2D eigenvalue weighted by Gasteiger charge is -2.06. The molecule has 1 aromatic carbocycles. The van der Waals surface area contributed by atoms with Crippen LogP contribution in [0.15, 0.2) is 16.6 Å². The Morgan fingerprint density at radius 3 is 2.69 bits per heavy atom. The van der Waals surface area contributed by atoms with Crippen LogP contribution in [0.4, 0.5) is 5.69 Å². The molecule has 0 atom stereocenters. The molecule has 82 valence electrons. The van der Waals surface area contributed by atoms with Gasteiger partial charge in [-0.3, -0.25) is 4.79 Å². The maximum atomic E-state index is 11.0. The van der Waals surface area contributed by atoms with Crippen molar-refractivity contribution in [1.82, 2.24) is 10.2 Å². The second-order valence-corrected chi connectivity index (χ2v) is 4.43. The molecule has 0 radical (unpaired) electrons. The van der Waals surface area contributed by atoms with Gasteiger partial charge in [0.2, 0.25) is 0 Å². The Morgan fingerprint density at radius 1 is 1.38 bits per heavy atom. The Kier molecular flexibility index (Phi) is 2.69. The van der Waals surface area contributed by atoms with Gasteiger partial charge >= 0.3 is 0 Å². The summed E-state index contributed by atoms with van der Waals surface area (Å²) in [7, 11) is 0. The molecule has 0 aliphatic heterocycles. The van der Waals surface area contributed by atoms with Gasteiger partial charge in [0.15, 0.2) is 5.69 Å². The SMILES string of the molecule is NC(=O)c1nnc2c(Cl)cc(Br)cc2c1N. The van der Waals surface area contributed by atoms with Crippen molar-refractivity contribution in [3.8, 4) is 0 Å². The van der Waals surface area contributed by atoms with Crippen molar-refractivity contribution < 1.29 is 4.79 Å². The highest BCUT2D eigenvalue weighted by Gasteiger charge is 2.14. The van der Waals surface area contributed by atoms with Gasteiger partial charge in [-0.25, -0.2) is 0 Å². The second kappa shape index (κ2) is 3.88. The minimum atomic E-state index is -0.719. The summed E-state index contributed by atoms with van der Waals surface area (Å²) in [5.74, 6) is -0.719. The first-order chi connectivity index (χ1) is 7.50. The van der Waals surface area contributed by atoms with Crippen LogP contribution in [0, 0.1) is 0 Å². The van der Waals surface area contributed by atoms with E-state index in [2.05, 4.69) is 26.1 Å². The molecular weight excluding hydrogens is 295 g/mol. The molecule has 0 aliphatic carbocycles.